The molecule has 0 fully saturated rings. The van der Waals surface area contributed by atoms with Gasteiger partial charge in [0.1, 0.15) is 0 Å². The predicted molar refractivity (Wildman–Crippen MR) is 83.4 cm³/mol. The molecule has 2 aromatic rings. The zero-order valence-corrected chi connectivity index (χ0v) is 13.4. The predicted octanol–water partition coefficient (Wildman–Crippen LogP) is 3.59. The number of anilines is 1. The molecule has 0 N–H and O–H groups in total. The number of rotatable bonds is 2. The molecule has 1 atom stereocenters. The minimum Gasteiger partial charge on any atom is -0.263 e. The Labute approximate surface area is 127 Å². The number of para-hydroxylation sites is 1. The monoisotopic (exact) mass is 351 g/mol. The van der Waals surface area contributed by atoms with Gasteiger partial charge in [0.05, 0.1) is 10.6 Å². The van der Waals surface area contributed by atoms with Gasteiger partial charge in [0.2, 0.25) is 0 Å². The summed E-state index contributed by atoms with van der Waals surface area (Å²) in [6.45, 7) is 1.94. The van der Waals surface area contributed by atoms with Gasteiger partial charge in [-0.2, -0.15) is 0 Å². The van der Waals surface area contributed by atoms with E-state index >= 15 is 0 Å². The van der Waals surface area contributed by atoms with E-state index in [0.717, 1.165) is 22.1 Å². The van der Waals surface area contributed by atoms with Gasteiger partial charge in [-0.15, -0.1) is 0 Å². The van der Waals surface area contributed by atoms with Crippen LogP contribution in [-0.4, -0.2) is 14.5 Å². The van der Waals surface area contributed by atoms with Gasteiger partial charge < -0.3 is 0 Å². The van der Waals surface area contributed by atoms with Crippen molar-refractivity contribution in [3.8, 4) is 0 Å². The molecule has 0 spiro atoms. The Morgan fingerprint density at radius 2 is 1.90 bits per heavy atom. The highest BCUT2D eigenvalue weighted by atomic mass is 79.9. The summed E-state index contributed by atoms with van der Waals surface area (Å²) in [5, 5.41) is 0. The van der Waals surface area contributed by atoms with E-state index in [1.165, 1.54) is 4.31 Å². The Bertz CT molecular complexity index is 758. The quantitative estimate of drug-likeness (QED) is 0.828. The van der Waals surface area contributed by atoms with E-state index in [-0.39, 0.29) is 6.04 Å². The van der Waals surface area contributed by atoms with E-state index in [1.807, 2.05) is 37.3 Å². The second-order valence-electron chi connectivity index (χ2n) is 4.94. The fourth-order valence-electron chi connectivity index (χ4n) is 2.64. The first-order valence-corrected chi connectivity index (χ1v) is 8.61. The van der Waals surface area contributed by atoms with Crippen molar-refractivity contribution in [2.75, 3.05) is 4.31 Å². The first-order valence-electron chi connectivity index (χ1n) is 6.38. The summed E-state index contributed by atoms with van der Waals surface area (Å²) in [7, 11) is -3.52. The molecule has 1 heterocycles. The van der Waals surface area contributed by atoms with Crippen LogP contribution in [0.15, 0.2) is 57.9 Å². The van der Waals surface area contributed by atoms with Crippen LogP contribution in [-0.2, 0) is 16.4 Å². The normalized spacial score (nSPS) is 18.1. The summed E-state index contributed by atoms with van der Waals surface area (Å²) < 4.78 is 28.0. The van der Waals surface area contributed by atoms with Crippen LogP contribution in [0.2, 0.25) is 0 Å². The molecular weight excluding hydrogens is 338 g/mol. The lowest BCUT2D eigenvalue weighted by molar-refractivity contribution is 0.584. The van der Waals surface area contributed by atoms with Crippen LogP contribution in [0, 0.1) is 0 Å². The van der Waals surface area contributed by atoms with E-state index in [0.29, 0.717) is 4.90 Å². The number of hydrogen-bond donors (Lipinski definition) is 0. The zero-order valence-electron chi connectivity index (χ0n) is 11.0. The molecule has 5 heteroatoms. The number of hydrogen-bond acceptors (Lipinski definition) is 2. The van der Waals surface area contributed by atoms with Crippen LogP contribution in [0.3, 0.4) is 0 Å². The Morgan fingerprint density at radius 3 is 2.65 bits per heavy atom. The first-order chi connectivity index (χ1) is 9.50. The van der Waals surface area contributed by atoms with Crippen molar-refractivity contribution in [3.05, 3.63) is 58.6 Å². The molecule has 20 heavy (non-hydrogen) atoms. The Kier molecular flexibility index (Phi) is 3.34. The fourth-order valence-corrected chi connectivity index (χ4v) is 4.93. The molecule has 3 rings (SSSR count). The fraction of sp³-hybridized carbons (Fsp3) is 0.200. The van der Waals surface area contributed by atoms with E-state index in [1.54, 1.807) is 18.2 Å². The van der Waals surface area contributed by atoms with Crippen LogP contribution < -0.4 is 4.31 Å². The summed E-state index contributed by atoms with van der Waals surface area (Å²) in [4.78, 5) is 0.315. The molecule has 0 saturated heterocycles. The summed E-state index contributed by atoms with van der Waals surface area (Å²) in [5.74, 6) is 0. The Morgan fingerprint density at radius 1 is 1.15 bits per heavy atom. The van der Waals surface area contributed by atoms with E-state index in [9.17, 15) is 8.42 Å². The minimum absolute atomic E-state index is 0.0589. The van der Waals surface area contributed by atoms with Crippen LogP contribution in [0.5, 0.6) is 0 Å². The third-order valence-corrected chi connectivity index (χ3v) is 5.91. The third-order valence-electron chi connectivity index (χ3n) is 3.50. The van der Waals surface area contributed by atoms with Gasteiger partial charge in [0.15, 0.2) is 0 Å². The third kappa shape index (κ3) is 2.15. The number of fused-ring (bicyclic) bond motifs is 1. The van der Waals surface area contributed by atoms with Gasteiger partial charge in [-0.25, -0.2) is 8.42 Å². The summed E-state index contributed by atoms with van der Waals surface area (Å²) in [6.07, 6.45) is 0.753. The van der Waals surface area contributed by atoms with Crippen molar-refractivity contribution in [2.45, 2.75) is 24.3 Å². The lowest BCUT2D eigenvalue weighted by atomic mass is 10.1. The summed E-state index contributed by atoms with van der Waals surface area (Å²) >= 11 is 3.33. The topological polar surface area (TPSA) is 37.4 Å². The maximum atomic E-state index is 12.9. The second kappa shape index (κ2) is 4.90. The molecule has 3 nitrogen and oxygen atoms in total. The second-order valence-corrected chi connectivity index (χ2v) is 7.67. The van der Waals surface area contributed by atoms with Gasteiger partial charge in [0, 0.05) is 10.5 Å². The van der Waals surface area contributed by atoms with Gasteiger partial charge in [-0.3, -0.25) is 4.31 Å². The maximum absolute atomic E-state index is 12.9. The van der Waals surface area contributed by atoms with Gasteiger partial charge in [-0.05, 0) is 43.2 Å². The number of nitrogens with zero attached hydrogens (tertiary/aromatic N) is 1. The SMILES string of the molecule is CC1Cc2ccccc2N1S(=O)(=O)c1cccc(Br)c1. The minimum atomic E-state index is -3.52. The van der Waals surface area contributed by atoms with Gasteiger partial charge in [-0.1, -0.05) is 40.2 Å². The van der Waals surface area contributed by atoms with Crippen LogP contribution in [0.1, 0.15) is 12.5 Å². The zero-order chi connectivity index (χ0) is 14.3. The molecule has 0 aliphatic carbocycles. The van der Waals surface area contributed by atoms with Crippen LogP contribution in [0.4, 0.5) is 5.69 Å². The van der Waals surface area contributed by atoms with E-state index in [2.05, 4.69) is 15.9 Å². The van der Waals surface area contributed by atoms with Crippen LogP contribution >= 0.6 is 15.9 Å². The molecule has 104 valence electrons. The molecule has 1 aliphatic rings. The molecular formula is C15H14BrNO2S. The number of benzene rings is 2. The standard InChI is InChI=1S/C15H14BrNO2S/c1-11-9-12-5-2-3-8-15(12)17(11)20(18,19)14-7-4-6-13(16)10-14/h2-8,10-11H,9H2,1H3. The van der Waals surface area contributed by atoms with Crippen LogP contribution in [0.25, 0.3) is 0 Å². The smallest absolute Gasteiger partial charge is 0.263 e. The average molecular weight is 352 g/mol. The van der Waals surface area contributed by atoms with Crippen molar-refractivity contribution in [1.82, 2.24) is 0 Å². The highest BCUT2D eigenvalue weighted by molar-refractivity contribution is 9.10. The lowest BCUT2D eigenvalue weighted by Gasteiger charge is -2.24. The van der Waals surface area contributed by atoms with E-state index < -0.39 is 10.0 Å². The summed E-state index contributed by atoms with van der Waals surface area (Å²) in [5.41, 5.74) is 1.87. The first kappa shape index (κ1) is 13.6. The molecule has 0 amide bonds. The van der Waals surface area contributed by atoms with Crippen molar-refractivity contribution in [3.63, 3.8) is 0 Å². The average Bonchev–Trinajstić information content (AvgIpc) is 2.75. The van der Waals surface area contributed by atoms with E-state index in [4.69, 9.17) is 0 Å². The molecule has 0 radical (unpaired) electrons. The molecule has 0 bridgehead atoms. The van der Waals surface area contributed by atoms with Crippen molar-refractivity contribution in [1.29, 1.82) is 0 Å². The summed E-state index contributed by atoms with van der Waals surface area (Å²) in [6, 6.07) is 14.5. The lowest BCUT2D eigenvalue weighted by Crippen LogP contribution is -2.35. The molecule has 0 aromatic heterocycles. The highest BCUT2D eigenvalue weighted by Gasteiger charge is 2.35. The number of sulfonamides is 1. The molecule has 1 unspecified atom stereocenters. The molecule has 2 aromatic carbocycles. The van der Waals surface area contributed by atoms with Crippen molar-refractivity contribution >= 4 is 31.6 Å². The van der Waals surface area contributed by atoms with Crippen molar-refractivity contribution in [2.24, 2.45) is 0 Å². The highest BCUT2D eigenvalue weighted by Crippen LogP contribution is 2.36. The Balaban J connectivity index is 2.13. The molecule has 1 aliphatic heterocycles. The molecule has 0 saturated carbocycles. The van der Waals surface area contributed by atoms with Gasteiger partial charge >= 0.3 is 0 Å². The maximum Gasteiger partial charge on any atom is 0.264 e. The number of halogens is 1. The van der Waals surface area contributed by atoms with Gasteiger partial charge in [0.25, 0.3) is 10.0 Å². The Hall–Kier alpha value is -1.33. The van der Waals surface area contributed by atoms with Crippen molar-refractivity contribution < 1.29 is 8.42 Å². The largest absolute Gasteiger partial charge is 0.264 e.